The predicted molar refractivity (Wildman–Crippen MR) is 233 cm³/mol. The van der Waals surface area contributed by atoms with Crippen LogP contribution in [-0.4, -0.2) is 78.5 Å². The molecule has 4 aromatic carbocycles. The van der Waals surface area contributed by atoms with Crippen molar-refractivity contribution in [3.63, 3.8) is 0 Å². The standard InChI is InChI=1S/C50H54N2O10/c1-3-24-59-50-46(52(2)49(56)36-18-20-44-45(27-36)58-32-57-44)29-42(51-60-31-33-12-5-4-6-13-33)40-26-35(15-7-9-22-53)39(17-8-10-23-54)47(48(40)50)41-28-38(19-21-43(41)62-50)61-37-16-11-14-34(25-37)30-55/h3-6,11-14,16,18-21,25-28,30,35,39,46-48,53-54H,1,7-10,15,17,22-24,29,31-32H2,2H3. The number of aldehydes is 1. The lowest BCUT2D eigenvalue weighted by Gasteiger charge is -2.59. The molecule has 4 aliphatic rings. The van der Waals surface area contributed by atoms with Gasteiger partial charge in [-0.05, 0) is 97.2 Å². The van der Waals surface area contributed by atoms with Gasteiger partial charge in [-0.2, -0.15) is 0 Å². The van der Waals surface area contributed by atoms with Gasteiger partial charge in [0.2, 0.25) is 12.6 Å². The Labute approximate surface area is 362 Å². The van der Waals surface area contributed by atoms with Crippen molar-refractivity contribution in [2.45, 2.75) is 69.3 Å². The lowest BCUT2D eigenvalue weighted by atomic mass is 9.55. The lowest BCUT2D eigenvalue weighted by Crippen LogP contribution is -2.69. The zero-order valence-corrected chi connectivity index (χ0v) is 35.0. The number of hydrogen-bond donors (Lipinski definition) is 2. The first kappa shape index (κ1) is 42.7. The van der Waals surface area contributed by atoms with Crippen molar-refractivity contribution >= 4 is 17.9 Å². The third kappa shape index (κ3) is 8.72. The average molecular weight is 843 g/mol. The van der Waals surface area contributed by atoms with Gasteiger partial charge in [0.25, 0.3) is 5.91 Å². The molecule has 1 fully saturated rings. The third-order valence-corrected chi connectivity index (χ3v) is 12.5. The molecular formula is C50H54N2O10. The maximum absolute atomic E-state index is 14.8. The van der Waals surface area contributed by atoms with Gasteiger partial charge in [0.1, 0.15) is 36.2 Å². The summed E-state index contributed by atoms with van der Waals surface area (Å²) in [4.78, 5) is 34.3. The van der Waals surface area contributed by atoms with Gasteiger partial charge in [-0.25, -0.2) is 0 Å². The Morgan fingerprint density at radius 2 is 1.68 bits per heavy atom. The Morgan fingerprint density at radius 3 is 2.47 bits per heavy atom. The molecule has 8 rings (SSSR count). The number of benzene rings is 4. The number of carbonyl (C=O) groups is 2. The van der Waals surface area contributed by atoms with Gasteiger partial charge in [0.05, 0.1) is 18.2 Å². The Bertz CT molecular complexity index is 2290. The summed E-state index contributed by atoms with van der Waals surface area (Å²) in [7, 11) is 1.77. The highest BCUT2D eigenvalue weighted by Crippen LogP contribution is 2.62. The van der Waals surface area contributed by atoms with Gasteiger partial charge in [0, 0.05) is 49.3 Å². The smallest absolute Gasteiger partial charge is 0.254 e. The quantitative estimate of drug-likeness (QED) is 0.0407. The summed E-state index contributed by atoms with van der Waals surface area (Å²) >= 11 is 0. The van der Waals surface area contributed by atoms with E-state index in [0.717, 1.165) is 48.7 Å². The number of hydrogen-bond acceptors (Lipinski definition) is 11. The second-order valence-corrected chi connectivity index (χ2v) is 16.3. The molecule has 2 N–H and O–H groups in total. The molecule has 0 bridgehead atoms. The van der Waals surface area contributed by atoms with Gasteiger partial charge in [-0.15, -0.1) is 6.58 Å². The van der Waals surface area contributed by atoms with Crippen molar-refractivity contribution in [2.24, 2.45) is 22.9 Å². The van der Waals surface area contributed by atoms with Gasteiger partial charge in [-0.3, -0.25) is 9.59 Å². The molecule has 62 heavy (non-hydrogen) atoms. The van der Waals surface area contributed by atoms with Crippen LogP contribution in [0.2, 0.25) is 0 Å². The van der Waals surface area contributed by atoms with Gasteiger partial charge >= 0.3 is 0 Å². The van der Waals surface area contributed by atoms with E-state index in [2.05, 4.69) is 12.7 Å². The summed E-state index contributed by atoms with van der Waals surface area (Å²) < 4.78 is 32.0. The van der Waals surface area contributed by atoms with Crippen molar-refractivity contribution in [2.75, 3.05) is 33.7 Å². The Morgan fingerprint density at radius 1 is 0.903 bits per heavy atom. The molecule has 2 aliphatic heterocycles. The van der Waals surface area contributed by atoms with Crippen LogP contribution in [-0.2, 0) is 16.2 Å². The number of fused-ring (bicyclic) bond motifs is 3. The van der Waals surface area contributed by atoms with Crippen LogP contribution in [0.4, 0.5) is 0 Å². The summed E-state index contributed by atoms with van der Waals surface area (Å²) in [5, 5.41) is 24.8. The lowest BCUT2D eigenvalue weighted by molar-refractivity contribution is -0.252. The van der Waals surface area contributed by atoms with E-state index in [-0.39, 0.29) is 63.3 Å². The number of nitrogens with zero attached hydrogens (tertiary/aromatic N) is 2. The Kier molecular flexibility index (Phi) is 13.4. The molecule has 324 valence electrons. The van der Waals surface area contributed by atoms with Gasteiger partial charge in [0.15, 0.2) is 11.5 Å². The normalized spacial score (nSPS) is 23.6. The van der Waals surface area contributed by atoms with Crippen LogP contribution in [0.15, 0.2) is 120 Å². The molecule has 6 atom stereocenters. The minimum atomic E-state index is -1.43. The van der Waals surface area contributed by atoms with Crippen molar-refractivity contribution in [1.29, 1.82) is 0 Å². The number of oxime groups is 1. The monoisotopic (exact) mass is 842 g/mol. The molecule has 0 spiro atoms. The fourth-order valence-corrected chi connectivity index (χ4v) is 9.71. The number of aliphatic hydroxyl groups excluding tert-OH is 2. The molecule has 2 aliphatic carbocycles. The highest BCUT2D eigenvalue weighted by Gasteiger charge is 2.65. The molecule has 1 amide bonds. The number of carbonyl (C=O) groups excluding carboxylic acids is 2. The van der Waals surface area contributed by atoms with E-state index in [1.807, 2.05) is 54.6 Å². The third-order valence-electron chi connectivity index (χ3n) is 12.5. The maximum atomic E-state index is 14.8. The number of unbranched alkanes of at least 4 members (excludes halogenated alkanes) is 2. The van der Waals surface area contributed by atoms with E-state index in [9.17, 15) is 19.8 Å². The van der Waals surface area contributed by atoms with Crippen molar-refractivity contribution in [3.8, 4) is 28.7 Å². The van der Waals surface area contributed by atoms with E-state index < -0.39 is 17.7 Å². The van der Waals surface area contributed by atoms with Crippen LogP contribution in [0.25, 0.3) is 0 Å². The number of aliphatic hydroxyl groups is 2. The summed E-state index contributed by atoms with van der Waals surface area (Å²) in [5.74, 6) is 0.396. The molecular weight excluding hydrogens is 789 g/mol. The molecule has 4 aromatic rings. The second kappa shape index (κ2) is 19.4. The highest BCUT2D eigenvalue weighted by atomic mass is 16.7. The number of ether oxygens (including phenoxy) is 5. The van der Waals surface area contributed by atoms with Crippen molar-refractivity contribution < 1.29 is 48.3 Å². The summed E-state index contributed by atoms with van der Waals surface area (Å²) in [6.45, 7) is 4.65. The Hall–Kier alpha value is -5.95. The number of allylic oxidation sites excluding steroid dienone is 1. The molecule has 0 radical (unpaired) electrons. The molecule has 12 heteroatoms. The van der Waals surface area contributed by atoms with Crippen molar-refractivity contribution in [3.05, 3.63) is 138 Å². The fourth-order valence-electron chi connectivity index (χ4n) is 9.71. The first-order valence-electron chi connectivity index (χ1n) is 21.5. The molecule has 2 heterocycles. The van der Waals surface area contributed by atoms with Crippen molar-refractivity contribution in [1.82, 2.24) is 4.90 Å². The van der Waals surface area contributed by atoms with E-state index in [1.54, 1.807) is 54.4 Å². The number of likely N-dealkylation sites (N-methyl/N-ethyl adjacent to an activating group) is 1. The van der Waals surface area contributed by atoms with Gasteiger partial charge < -0.3 is 43.6 Å². The van der Waals surface area contributed by atoms with Crippen LogP contribution < -0.4 is 18.9 Å². The molecule has 6 unspecified atom stereocenters. The summed E-state index contributed by atoms with van der Waals surface area (Å²) in [6, 6.07) is 27.1. The topological polar surface area (TPSA) is 146 Å². The van der Waals surface area contributed by atoms with E-state index >= 15 is 0 Å². The van der Waals surface area contributed by atoms with E-state index in [0.29, 0.717) is 58.4 Å². The SMILES string of the molecule is C=CCOC12Oc3ccc(Oc4cccc(C=O)c4)cc3C3C(CCCCO)C(CCCCO)C=C(C(=NOCc4ccccc4)CC1N(C)C(=O)c1ccc4c(c1)OCO4)C32. The molecule has 0 aromatic heterocycles. The zero-order chi connectivity index (χ0) is 43.1. The van der Waals surface area contributed by atoms with E-state index in [4.69, 9.17) is 33.7 Å². The first-order chi connectivity index (χ1) is 30.4. The largest absolute Gasteiger partial charge is 0.459 e. The van der Waals surface area contributed by atoms with Crippen LogP contribution in [0.1, 0.15) is 82.7 Å². The minimum absolute atomic E-state index is 0.0251. The van der Waals surface area contributed by atoms with Crippen LogP contribution >= 0.6 is 0 Å². The van der Waals surface area contributed by atoms with Gasteiger partial charge in [-0.1, -0.05) is 72.6 Å². The predicted octanol–water partition coefficient (Wildman–Crippen LogP) is 8.63. The number of rotatable bonds is 19. The number of amides is 1. The second-order valence-electron chi connectivity index (χ2n) is 16.3. The summed E-state index contributed by atoms with van der Waals surface area (Å²) in [5.41, 5.74) is 4.41. The van der Waals surface area contributed by atoms with E-state index in [1.165, 1.54) is 0 Å². The molecule has 0 saturated heterocycles. The first-order valence-corrected chi connectivity index (χ1v) is 21.5. The van der Waals surface area contributed by atoms with Crippen LogP contribution in [0, 0.1) is 17.8 Å². The zero-order valence-electron chi connectivity index (χ0n) is 35.0. The maximum Gasteiger partial charge on any atom is 0.254 e. The van der Waals surface area contributed by atoms with Crippen LogP contribution in [0.3, 0.4) is 0 Å². The molecule has 1 saturated carbocycles. The van der Waals surface area contributed by atoms with Crippen LogP contribution in [0.5, 0.6) is 28.7 Å². The molecule has 12 nitrogen and oxygen atoms in total. The Balaban J connectivity index is 1.30. The summed E-state index contributed by atoms with van der Waals surface area (Å²) in [6.07, 6.45) is 9.53. The minimum Gasteiger partial charge on any atom is -0.459 e. The highest BCUT2D eigenvalue weighted by molar-refractivity contribution is 6.03. The average Bonchev–Trinajstić information content (AvgIpc) is 3.78. The fraction of sp³-hybridized carbons (Fsp3) is 0.380.